The summed E-state index contributed by atoms with van der Waals surface area (Å²) in [7, 11) is 0. The maximum atomic E-state index is 12.4. The van der Waals surface area contributed by atoms with Crippen molar-refractivity contribution in [3.05, 3.63) is 77.1 Å². The van der Waals surface area contributed by atoms with Gasteiger partial charge >= 0.3 is 5.97 Å². The Morgan fingerprint density at radius 2 is 1.74 bits per heavy atom. The summed E-state index contributed by atoms with van der Waals surface area (Å²) in [6.07, 6.45) is 1.04. The number of nitrogens with one attached hydrogen (secondary N) is 1. The predicted octanol–water partition coefficient (Wildman–Crippen LogP) is 4.73. The number of aromatic nitrogens is 2. The molecule has 31 heavy (non-hydrogen) atoms. The zero-order chi connectivity index (χ0) is 22.4. The molecule has 1 atom stereocenters. The van der Waals surface area contributed by atoms with Gasteiger partial charge in [0, 0.05) is 16.9 Å². The Hall–Kier alpha value is -3.41. The molecule has 0 unspecified atom stereocenters. The number of carbonyl (C=O) groups is 2. The first-order valence-electron chi connectivity index (χ1n) is 10.6. The van der Waals surface area contributed by atoms with Crippen molar-refractivity contribution in [2.45, 2.75) is 46.5 Å². The average Bonchev–Trinajstić information content (AvgIpc) is 3.06. The highest BCUT2D eigenvalue weighted by atomic mass is 16.5. The van der Waals surface area contributed by atoms with E-state index in [4.69, 9.17) is 4.74 Å². The first-order valence-corrected chi connectivity index (χ1v) is 10.6. The van der Waals surface area contributed by atoms with Gasteiger partial charge in [0.2, 0.25) is 0 Å². The number of hydrogen-bond donors (Lipinski definition) is 1. The molecule has 1 amide bonds. The number of esters is 1. The van der Waals surface area contributed by atoms with Crippen molar-refractivity contribution < 1.29 is 14.3 Å². The molecular weight excluding hydrogens is 390 g/mol. The summed E-state index contributed by atoms with van der Waals surface area (Å²) in [5, 5.41) is 7.41. The normalized spacial score (nSPS) is 11.7. The van der Waals surface area contributed by atoms with Crippen LogP contribution in [0.2, 0.25) is 0 Å². The number of para-hydroxylation sites is 2. The minimum atomic E-state index is -0.454. The third-order valence-electron chi connectivity index (χ3n) is 5.51. The highest BCUT2D eigenvalue weighted by molar-refractivity contribution is 5.93. The van der Waals surface area contributed by atoms with E-state index in [-0.39, 0.29) is 18.9 Å². The Bertz CT molecular complexity index is 1060. The standard InChI is InChI=1S/C25H29N3O3/c1-5-17(2)21-13-9-10-14-23(21)26-24(29)16-31-25(30)15-22-18(3)27-28(19(22)4)20-11-7-6-8-12-20/h6-14,17H,5,15-16H2,1-4H3,(H,26,29)/t17-/m1/s1. The van der Waals surface area contributed by atoms with Crippen LogP contribution >= 0.6 is 0 Å². The second-order valence-electron chi connectivity index (χ2n) is 7.68. The molecule has 0 aliphatic carbocycles. The smallest absolute Gasteiger partial charge is 0.310 e. The van der Waals surface area contributed by atoms with Crippen molar-refractivity contribution in [3.63, 3.8) is 0 Å². The van der Waals surface area contributed by atoms with Gasteiger partial charge in [-0.3, -0.25) is 9.59 Å². The van der Waals surface area contributed by atoms with Crippen molar-refractivity contribution in [2.24, 2.45) is 0 Å². The van der Waals surface area contributed by atoms with Gasteiger partial charge in [0.05, 0.1) is 17.8 Å². The van der Waals surface area contributed by atoms with E-state index in [1.807, 2.05) is 73.1 Å². The van der Waals surface area contributed by atoms with Crippen LogP contribution in [-0.2, 0) is 20.7 Å². The Labute approximate surface area is 183 Å². The number of rotatable bonds is 8. The Balaban J connectivity index is 1.60. The van der Waals surface area contributed by atoms with E-state index in [2.05, 4.69) is 24.3 Å². The van der Waals surface area contributed by atoms with E-state index >= 15 is 0 Å². The molecular formula is C25H29N3O3. The number of anilines is 1. The lowest BCUT2D eigenvalue weighted by atomic mass is 9.97. The molecule has 162 valence electrons. The first-order chi connectivity index (χ1) is 14.9. The van der Waals surface area contributed by atoms with Crippen LogP contribution in [0, 0.1) is 13.8 Å². The van der Waals surface area contributed by atoms with E-state index in [0.29, 0.717) is 5.92 Å². The number of amides is 1. The van der Waals surface area contributed by atoms with Crippen LogP contribution in [0.15, 0.2) is 54.6 Å². The van der Waals surface area contributed by atoms with Gasteiger partial charge in [0.1, 0.15) is 0 Å². The van der Waals surface area contributed by atoms with Gasteiger partial charge in [-0.2, -0.15) is 5.10 Å². The molecule has 1 heterocycles. The largest absolute Gasteiger partial charge is 0.455 e. The summed E-state index contributed by atoms with van der Waals surface area (Å²) >= 11 is 0. The summed E-state index contributed by atoms with van der Waals surface area (Å²) in [4.78, 5) is 24.8. The van der Waals surface area contributed by atoms with E-state index in [0.717, 1.165) is 40.3 Å². The molecule has 0 fully saturated rings. The quantitative estimate of drug-likeness (QED) is 0.536. The lowest BCUT2D eigenvalue weighted by molar-refractivity contribution is -0.146. The van der Waals surface area contributed by atoms with Gasteiger partial charge in [-0.1, -0.05) is 50.2 Å². The third kappa shape index (κ3) is 5.40. The number of aryl methyl sites for hydroxylation is 1. The number of benzene rings is 2. The van der Waals surface area contributed by atoms with Crippen molar-refractivity contribution >= 4 is 17.6 Å². The van der Waals surface area contributed by atoms with E-state index in [1.165, 1.54) is 0 Å². The average molecular weight is 420 g/mol. The van der Waals surface area contributed by atoms with Crippen molar-refractivity contribution in [1.82, 2.24) is 9.78 Å². The van der Waals surface area contributed by atoms with Crippen LogP contribution in [-0.4, -0.2) is 28.3 Å². The minimum absolute atomic E-state index is 0.0707. The monoisotopic (exact) mass is 419 g/mol. The lowest BCUT2D eigenvalue weighted by Gasteiger charge is -2.15. The molecule has 3 rings (SSSR count). The number of ether oxygens (including phenoxy) is 1. The number of nitrogens with zero attached hydrogens (tertiary/aromatic N) is 2. The Morgan fingerprint density at radius 1 is 1.06 bits per heavy atom. The molecule has 0 radical (unpaired) electrons. The lowest BCUT2D eigenvalue weighted by Crippen LogP contribution is -2.22. The fourth-order valence-electron chi connectivity index (χ4n) is 3.54. The molecule has 0 aliphatic rings. The van der Waals surface area contributed by atoms with Gasteiger partial charge in [-0.05, 0) is 49.9 Å². The molecule has 0 bridgehead atoms. The number of hydrogen-bond acceptors (Lipinski definition) is 4. The first kappa shape index (κ1) is 22.3. The summed E-state index contributed by atoms with van der Waals surface area (Å²) < 4.78 is 7.06. The van der Waals surface area contributed by atoms with Crippen molar-refractivity contribution in [2.75, 3.05) is 11.9 Å². The van der Waals surface area contributed by atoms with Crippen LogP contribution in [0.25, 0.3) is 5.69 Å². The Morgan fingerprint density at radius 3 is 2.45 bits per heavy atom. The highest BCUT2D eigenvalue weighted by Gasteiger charge is 2.18. The van der Waals surface area contributed by atoms with Crippen molar-refractivity contribution in [1.29, 1.82) is 0 Å². The van der Waals surface area contributed by atoms with Crippen LogP contribution < -0.4 is 5.32 Å². The summed E-state index contributed by atoms with van der Waals surface area (Å²) in [6, 6.07) is 17.5. The molecule has 6 heteroatoms. The van der Waals surface area contributed by atoms with Gasteiger partial charge in [0.15, 0.2) is 6.61 Å². The van der Waals surface area contributed by atoms with Gasteiger partial charge in [-0.25, -0.2) is 4.68 Å². The van der Waals surface area contributed by atoms with Crippen molar-refractivity contribution in [3.8, 4) is 5.69 Å². The summed E-state index contributed by atoms with van der Waals surface area (Å²) in [5.41, 5.74) is 5.23. The molecule has 1 aromatic heterocycles. The topological polar surface area (TPSA) is 73.2 Å². The zero-order valence-corrected chi connectivity index (χ0v) is 18.5. The van der Waals surface area contributed by atoms with Gasteiger partial charge in [-0.15, -0.1) is 0 Å². The molecule has 1 N–H and O–H groups in total. The van der Waals surface area contributed by atoms with E-state index < -0.39 is 5.97 Å². The molecule has 0 spiro atoms. The predicted molar refractivity (Wildman–Crippen MR) is 121 cm³/mol. The highest BCUT2D eigenvalue weighted by Crippen LogP contribution is 2.26. The van der Waals surface area contributed by atoms with E-state index in [9.17, 15) is 9.59 Å². The molecule has 0 saturated heterocycles. The number of carbonyl (C=O) groups excluding carboxylic acids is 2. The maximum absolute atomic E-state index is 12.4. The minimum Gasteiger partial charge on any atom is -0.455 e. The second-order valence-corrected chi connectivity index (χ2v) is 7.68. The van der Waals surface area contributed by atoms with Gasteiger partial charge in [0.25, 0.3) is 5.91 Å². The van der Waals surface area contributed by atoms with Crippen LogP contribution in [0.1, 0.15) is 48.7 Å². The van der Waals surface area contributed by atoms with Gasteiger partial charge < -0.3 is 10.1 Å². The SMILES string of the molecule is CC[C@@H](C)c1ccccc1NC(=O)COC(=O)Cc1c(C)nn(-c2ccccc2)c1C. The summed E-state index contributed by atoms with van der Waals surface area (Å²) in [5.74, 6) is -0.479. The van der Waals surface area contributed by atoms with Crippen LogP contribution in [0.4, 0.5) is 5.69 Å². The third-order valence-corrected chi connectivity index (χ3v) is 5.51. The molecule has 6 nitrogen and oxygen atoms in total. The maximum Gasteiger partial charge on any atom is 0.310 e. The molecule has 0 aliphatic heterocycles. The summed E-state index contributed by atoms with van der Waals surface area (Å²) in [6.45, 7) is 7.70. The van der Waals surface area contributed by atoms with E-state index in [1.54, 1.807) is 0 Å². The Kier molecular flexibility index (Phi) is 7.23. The molecule has 2 aromatic carbocycles. The fraction of sp³-hybridized carbons (Fsp3) is 0.320. The molecule has 0 saturated carbocycles. The van der Waals surface area contributed by atoms with Crippen LogP contribution in [0.5, 0.6) is 0 Å². The fourth-order valence-corrected chi connectivity index (χ4v) is 3.54. The molecule has 3 aromatic rings. The zero-order valence-electron chi connectivity index (χ0n) is 18.5. The second kappa shape index (κ2) is 10.1. The van der Waals surface area contributed by atoms with Crippen LogP contribution in [0.3, 0.4) is 0 Å².